The number of thiophene rings is 1. The second-order valence-corrected chi connectivity index (χ2v) is 8.98. The Morgan fingerprint density at radius 2 is 1.62 bits per heavy atom. The van der Waals surface area contributed by atoms with Crippen LogP contribution < -0.4 is 5.32 Å². The van der Waals surface area contributed by atoms with E-state index in [9.17, 15) is 14.4 Å². The van der Waals surface area contributed by atoms with Crippen molar-refractivity contribution in [3.05, 3.63) is 22.4 Å². The summed E-state index contributed by atoms with van der Waals surface area (Å²) in [5.74, 6) is -0.693. The van der Waals surface area contributed by atoms with Gasteiger partial charge in [-0.1, -0.05) is 44.6 Å². The standard InChI is InChI=1S/C22H32N2O4S/c25-20(16-28-21(26)13-14-23-22(27)19-12-7-15-29-19)24(17-8-3-1-4-9-17)18-10-5-2-6-11-18/h7,12,15,17-18H,1-6,8-11,13-14,16H2,(H,23,27). The maximum Gasteiger partial charge on any atom is 0.308 e. The van der Waals surface area contributed by atoms with Crippen LogP contribution >= 0.6 is 11.3 Å². The van der Waals surface area contributed by atoms with Crippen LogP contribution in [0.25, 0.3) is 0 Å². The van der Waals surface area contributed by atoms with E-state index in [2.05, 4.69) is 10.2 Å². The van der Waals surface area contributed by atoms with Crippen molar-refractivity contribution in [3.63, 3.8) is 0 Å². The maximum atomic E-state index is 13.0. The van der Waals surface area contributed by atoms with Gasteiger partial charge < -0.3 is 15.0 Å². The van der Waals surface area contributed by atoms with Crippen molar-refractivity contribution in [1.29, 1.82) is 0 Å². The smallest absolute Gasteiger partial charge is 0.308 e. The number of hydrogen-bond acceptors (Lipinski definition) is 5. The summed E-state index contributed by atoms with van der Waals surface area (Å²) in [6, 6.07) is 4.14. The normalized spacial score (nSPS) is 18.2. The summed E-state index contributed by atoms with van der Waals surface area (Å²) < 4.78 is 5.26. The molecule has 0 bridgehead atoms. The van der Waals surface area contributed by atoms with Gasteiger partial charge in [-0.3, -0.25) is 14.4 Å². The van der Waals surface area contributed by atoms with Gasteiger partial charge in [0.15, 0.2) is 6.61 Å². The number of carbonyl (C=O) groups is 3. The Bertz CT molecular complexity index is 646. The Kier molecular flexibility index (Phi) is 8.52. The van der Waals surface area contributed by atoms with Crippen LogP contribution in [-0.2, 0) is 14.3 Å². The quantitative estimate of drug-likeness (QED) is 0.647. The summed E-state index contributed by atoms with van der Waals surface area (Å²) in [6.07, 6.45) is 11.5. The summed E-state index contributed by atoms with van der Waals surface area (Å²) >= 11 is 1.36. The van der Waals surface area contributed by atoms with Gasteiger partial charge in [0.05, 0.1) is 11.3 Å². The van der Waals surface area contributed by atoms with Gasteiger partial charge in [-0.15, -0.1) is 11.3 Å². The molecule has 0 unspecified atom stereocenters. The van der Waals surface area contributed by atoms with E-state index in [1.165, 1.54) is 49.9 Å². The lowest BCUT2D eigenvalue weighted by molar-refractivity contribution is -0.155. The first-order valence-corrected chi connectivity index (χ1v) is 11.8. The number of nitrogens with one attached hydrogen (secondary N) is 1. The summed E-state index contributed by atoms with van der Waals surface area (Å²) in [4.78, 5) is 39.6. The van der Waals surface area contributed by atoms with E-state index in [1.54, 1.807) is 6.07 Å². The molecule has 6 nitrogen and oxygen atoms in total. The van der Waals surface area contributed by atoms with E-state index < -0.39 is 5.97 Å². The molecule has 2 fully saturated rings. The van der Waals surface area contributed by atoms with Gasteiger partial charge in [0.25, 0.3) is 11.8 Å². The molecule has 3 rings (SSSR count). The second-order valence-electron chi connectivity index (χ2n) is 8.03. The minimum absolute atomic E-state index is 0.0558. The van der Waals surface area contributed by atoms with Crippen molar-refractivity contribution in [2.75, 3.05) is 13.2 Å². The highest BCUT2D eigenvalue weighted by Gasteiger charge is 2.32. The first kappa shape index (κ1) is 21.8. The highest BCUT2D eigenvalue weighted by molar-refractivity contribution is 7.12. The molecule has 0 aliphatic heterocycles. The van der Waals surface area contributed by atoms with Crippen molar-refractivity contribution >= 4 is 29.1 Å². The molecule has 0 aromatic carbocycles. The zero-order valence-electron chi connectivity index (χ0n) is 17.1. The lowest BCUT2D eigenvalue weighted by Crippen LogP contribution is -2.50. The zero-order chi connectivity index (χ0) is 20.5. The van der Waals surface area contributed by atoms with Gasteiger partial charge in [-0.25, -0.2) is 0 Å². The Labute approximate surface area is 177 Å². The number of amides is 2. The summed E-state index contributed by atoms with van der Waals surface area (Å²) in [5.41, 5.74) is 0. The van der Waals surface area contributed by atoms with Gasteiger partial charge >= 0.3 is 5.97 Å². The lowest BCUT2D eigenvalue weighted by Gasteiger charge is -2.41. The first-order valence-electron chi connectivity index (χ1n) is 10.9. The SMILES string of the molecule is O=C(CCNC(=O)c1cccs1)OCC(=O)N(C1CCCCC1)C1CCCCC1. The predicted octanol–water partition coefficient (Wildman–Crippen LogP) is 3.91. The molecule has 160 valence electrons. The highest BCUT2D eigenvalue weighted by atomic mass is 32.1. The highest BCUT2D eigenvalue weighted by Crippen LogP contribution is 2.30. The van der Waals surface area contributed by atoms with Crippen molar-refractivity contribution in [2.24, 2.45) is 0 Å². The number of hydrogen-bond donors (Lipinski definition) is 1. The number of esters is 1. The van der Waals surface area contributed by atoms with Crippen LogP contribution in [0, 0.1) is 0 Å². The molecule has 1 aromatic heterocycles. The van der Waals surface area contributed by atoms with E-state index in [0.717, 1.165) is 25.7 Å². The van der Waals surface area contributed by atoms with Gasteiger partial charge in [-0.2, -0.15) is 0 Å². The third-order valence-electron chi connectivity index (χ3n) is 5.94. The van der Waals surface area contributed by atoms with E-state index in [4.69, 9.17) is 4.74 Å². The van der Waals surface area contributed by atoms with Crippen LogP contribution in [0.15, 0.2) is 17.5 Å². The molecular formula is C22H32N2O4S. The van der Waals surface area contributed by atoms with E-state index in [0.29, 0.717) is 17.0 Å². The van der Waals surface area contributed by atoms with Gasteiger partial charge in [0.2, 0.25) is 0 Å². The van der Waals surface area contributed by atoms with Gasteiger partial charge in [-0.05, 0) is 37.1 Å². The fraction of sp³-hybridized carbons (Fsp3) is 0.682. The molecule has 0 atom stereocenters. The number of ether oxygens (including phenoxy) is 1. The molecule has 2 aliphatic carbocycles. The zero-order valence-corrected chi connectivity index (χ0v) is 17.9. The van der Waals surface area contributed by atoms with Crippen LogP contribution in [0.5, 0.6) is 0 Å². The van der Waals surface area contributed by atoms with Gasteiger partial charge in [0, 0.05) is 18.6 Å². The molecule has 1 aromatic rings. The van der Waals surface area contributed by atoms with Crippen molar-refractivity contribution in [2.45, 2.75) is 82.7 Å². The lowest BCUT2D eigenvalue weighted by atomic mass is 9.88. The van der Waals surface area contributed by atoms with Crippen LogP contribution in [0.1, 0.15) is 80.3 Å². The second kappa shape index (κ2) is 11.3. The molecule has 1 heterocycles. The van der Waals surface area contributed by atoms with Crippen molar-refractivity contribution in [1.82, 2.24) is 10.2 Å². The topological polar surface area (TPSA) is 75.7 Å². The number of carbonyl (C=O) groups excluding carboxylic acids is 3. The van der Waals surface area contributed by atoms with E-state index in [1.807, 2.05) is 11.4 Å². The van der Waals surface area contributed by atoms with Crippen LogP contribution in [0.2, 0.25) is 0 Å². The monoisotopic (exact) mass is 420 g/mol. The molecule has 2 saturated carbocycles. The molecule has 2 aliphatic rings. The Morgan fingerprint density at radius 3 is 2.17 bits per heavy atom. The molecular weight excluding hydrogens is 388 g/mol. The minimum atomic E-state index is -0.447. The summed E-state index contributed by atoms with van der Waals surface area (Å²) in [5, 5.41) is 4.54. The number of rotatable bonds is 8. The third-order valence-corrected chi connectivity index (χ3v) is 6.81. The average molecular weight is 421 g/mol. The van der Waals surface area contributed by atoms with E-state index >= 15 is 0 Å². The van der Waals surface area contributed by atoms with Crippen LogP contribution in [0.3, 0.4) is 0 Å². The largest absolute Gasteiger partial charge is 0.456 e. The third kappa shape index (κ3) is 6.56. The molecule has 0 spiro atoms. The predicted molar refractivity (Wildman–Crippen MR) is 113 cm³/mol. The summed E-state index contributed by atoms with van der Waals surface area (Å²) in [6.45, 7) is 0.0173. The average Bonchev–Trinajstić information content (AvgIpc) is 3.29. The number of nitrogens with zero attached hydrogens (tertiary/aromatic N) is 1. The van der Waals surface area contributed by atoms with Gasteiger partial charge in [0.1, 0.15) is 0 Å². The first-order chi connectivity index (χ1) is 14.1. The van der Waals surface area contributed by atoms with E-state index in [-0.39, 0.29) is 31.4 Å². The summed E-state index contributed by atoms with van der Waals surface area (Å²) in [7, 11) is 0. The Balaban J connectivity index is 1.44. The molecule has 29 heavy (non-hydrogen) atoms. The Morgan fingerprint density at radius 1 is 1.00 bits per heavy atom. The molecule has 0 saturated heterocycles. The van der Waals surface area contributed by atoms with Crippen molar-refractivity contribution in [3.8, 4) is 0 Å². The molecule has 1 N–H and O–H groups in total. The fourth-order valence-corrected chi connectivity index (χ4v) is 5.13. The molecule has 0 radical (unpaired) electrons. The minimum Gasteiger partial charge on any atom is -0.456 e. The fourth-order valence-electron chi connectivity index (χ4n) is 4.49. The van der Waals surface area contributed by atoms with Crippen molar-refractivity contribution < 1.29 is 19.1 Å². The maximum absolute atomic E-state index is 13.0. The molecule has 7 heteroatoms. The Hall–Kier alpha value is -1.89. The molecule has 2 amide bonds. The van der Waals surface area contributed by atoms with Crippen LogP contribution in [-0.4, -0.2) is 47.9 Å². The van der Waals surface area contributed by atoms with Crippen LogP contribution in [0.4, 0.5) is 0 Å².